The van der Waals surface area contributed by atoms with E-state index in [9.17, 15) is 4.39 Å². The van der Waals surface area contributed by atoms with Gasteiger partial charge in [0.15, 0.2) is 5.79 Å². The number of aryl methyl sites for hydroxylation is 2. The monoisotopic (exact) mass is 238 g/mol. The van der Waals surface area contributed by atoms with Crippen molar-refractivity contribution in [2.45, 2.75) is 39.4 Å². The van der Waals surface area contributed by atoms with Crippen molar-refractivity contribution in [3.8, 4) is 0 Å². The van der Waals surface area contributed by atoms with Crippen LogP contribution in [0.25, 0.3) is 0 Å². The summed E-state index contributed by atoms with van der Waals surface area (Å²) in [4.78, 5) is 0. The fourth-order valence-electron chi connectivity index (χ4n) is 2.29. The maximum atomic E-state index is 14.1. The van der Waals surface area contributed by atoms with Gasteiger partial charge < -0.3 is 9.47 Å². The Bertz CT molecular complexity index is 409. The first kappa shape index (κ1) is 12.5. The molecule has 17 heavy (non-hydrogen) atoms. The van der Waals surface area contributed by atoms with Crippen molar-refractivity contribution in [3.05, 3.63) is 34.6 Å². The molecule has 2 nitrogen and oxygen atoms in total. The van der Waals surface area contributed by atoms with Gasteiger partial charge in [0, 0.05) is 12.0 Å². The van der Waals surface area contributed by atoms with Crippen molar-refractivity contribution >= 4 is 0 Å². The summed E-state index contributed by atoms with van der Waals surface area (Å²) < 4.78 is 25.5. The summed E-state index contributed by atoms with van der Waals surface area (Å²) >= 11 is 0. The van der Waals surface area contributed by atoms with E-state index >= 15 is 0 Å². The van der Waals surface area contributed by atoms with Crippen LogP contribution < -0.4 is 0 Å². The van der Waals surface area contributed by atoms with Crippen LogP contribution in [-0.4, -0.2) is 13.2 Å². The average molecular weight is 238 g/mol. The molecule has 1 aromatic carbocycles. The van der Waals surface area contributed by atoms with E-state index in [4.69, 9.17) is 9.47 Å². The van der Waals surface area contributed by atoms with Gasteiger partial charge in [-0.3, -0.25) is 0 Å². The Hall–Kier alpha value is -0.930. The van der Waals surface area contributed by atoms with Crippen molar-refractivity contribution in [1.82, 2.24) is 0 Å². The fourth-order valence-corrected chi connectivity index (χ4v) is 2.29. The minimum Gasteiger partial charge on any atom is -0.343 e. The van der Waals surface area contributed by atoms with Gasteiger partial charge in [0.2, 0.25) is 0 Å². The van der Waals surface area contributed by atoms with Crippen molar-refractivity contribution in [3.63, 3.8) is 0 Å². The van der Waals surface area contributed by atoms with Gasteiger partial charge in [-0.15, -0.1) is 0 Å². The Labute approximate surface area is 102 Å². The first-order valence-corrected chi connectivity index (χ1v) is 6.14. The molecule has 0 spiro atoms. The first-order valence-electron chi connectivity index (χ1n) is 6.14. The van der Waals surface area contributed by atoms with Crippen LogP contribution in [0.5, 0.6) is 0 Å². The lowest BCUT2D eigenvalue weighted by Crippen LogP contribution is -2.28. The average Bonchev–Trinajstić information content (AvgIpc) is 2.73. The van der Waals surface area contributed by atoms with E-state index in [2.05, 4.69) is 0 Å². The highest BCUT2D eigenvalue weighted by Crippen LogP contribution is 2.38. The summed E-state index contributed by atoms with van der Waals surface area (Å²) in [6.45, 7) is 7.00. The largest absolute Gasteiger partial charge is 0.343 e. The number of hydrogen-bond donors (Lipinski definition) is 0. The summed E-state index contributed by atoms with van der Waals surface area (Å²) in [5.74, 6) is -1.10. The summed E-state index contributed by atoms with van der Waals surface area (Å²) in [7, 11) is 0. The van der Waals surface area contributed by atoms with E-state index in [1.165, 1.54) is 0 Å². The van der Waals surface area contributed by atoms with Gasteiger partial charge in [-0.1, -0.05) is 13.3 Å². The minimum atomic E-state index is -0.864. The quantitative estimate of drug-likeness (QED) is 0.803. The molecule has 2 rings (SSSR count). The molecule has 0 unspecified atom stereocenters. The van der Waals surface area contributed by atoms with Crippen LogP contribution in [0.4, 0.5) is 4.39 Å². The number of halogens is 1. The molecule has 0 bridgehead atoms. The van der Waals surface area contributed by atoms with E-state index in [0.717, 1.165) is 17.5 Å². The third kappa shape index (κ3) is 2.22. The molecule has 0 amide bonds. The first-order chi connectivity index (χ1) is 8.09. The smallest absolute Gasteiger partial charge is 0.197 e. The molecule has 0 atom stereocenters. The van der Waals surface area contributed by atoms with Gasteiger partial charge >= 0.3 is 0 Å². The van der Waals surface area contributed by atoms with Gasteiger partial charge in [-0.2, -0.15) is 0 Å². The second-order valence-corrected chi connectivity index (χ2v) is 4.62. The van der Waals surface area contributed by atoms with Crippen LogP contribution in [-0.2, 0) is 15.3 Å². The molecule has 3 heteroatoms. The van der Waals surface area contributed by atoms with Crippen LogP contribution >= 0.6 is 0 Å². The number of rotatable bonds is 3. The third-order valence-corrected chi connectivity index (χ3v) is 3.33. The summed E-state index contributed by atoms with van der Waals surface area (Å²) in [6, 6.07) is 3.42. The van der Waals surface area contributed by atoms with Crippen molar-refractivity contribution in [1.29, 1.82) is 0 Å². The van der Waals surface area contributed by atoms with E-state index in [1.807, 2.05) is 26.8 Å². The Balaban J connectivity index is 2.46. The van der Waals surface area contributed by atoms with Crippen LogP contribution in [0, 0.1) is 19.7 Å². The highest BCUT2D eigenvalue weighted by molar-refractivity contribution is 5.34. The van der Waals surface area contributed by atoms with Gasteiger partial charge in [0.25, 0.3) is 0 Å². The zero-order chi connectivity index (χ0) is 12.5. The Morgan fingerprint density at radius 1 is 1.18 bits per heavy atom. The Morgan fingerprint density at radius 3 is 2.35 bits per heavy atom. The van der Waals surface area contributed by atoms with Crippen LogP contribution in [0.3, 0.4) is 0 Å². The van der Waals surface area contributed by atoms with E-state index in [1.54, 1.807) is 6.07 Å². The molecule has 1 fully saturated rings. The zero-order valence-corrected chi connectivity index (χ0v) is 10.7. The molecule has 0 saturated carbocycles. The summed E-state index contributed by atoms with van der Waals surface area (Å²) in [6.07, 6.45) is 1.58. The van der Waals surface area contributed by atoms with Crippen LogP contribution in [0.1, 0.15) is 36.5 Å². The summed E-state index contributed by atoms with van der Waals surface area (Å²) in [5.41, 5.74) is 2.56. The number of hydrogen-bond acceptors (Lipinski definition) is 2. The van der Waals surface area contributed by atoms with Crippen LogP contribution in [0.15, 0.2) is 12.1 Å². The molecule has 1 aliphatic rings. The number of benzene rings is 1. The Kier molecular flexibility index (Phi) is 3.50. The predicted molar refractivity (Wildman–Crippen MR) is 64.4 cm³/mol. The van der Waals surface area contributed by atoms with Gasteiger partial charge in [0.05, 0.1) is 13.2 Å². The molecule has 0 aliphatic carbocycles. The van der Waals surface area contributed by atoms with Gasteiger partial charge in [-0.25, -0.2) is 4.39 Å². The van der Waals surface area contributed by atoms with Crippen molar-refractivity contribution in [2.75, 3.05) is 13.2 Å². The Morgan fingerprint density at radius 2 is 1.76 bits per heavy atom. The molecule has 0 aromatic heterocycles. The van der Waals surface area contributed by atoms with Gasteiger partial charge in [0.1, 0.15) is 5.82 Å². The predicted octanol–water partition coefficient (Wildman–Crippen LogP) is 3.44. The highest BCUT2D eigenvalue weighted by Gasteiger charge is 2.40. The molecule has 0 N–H and O–H groups in total. The minimum absolute atomic E-state index is 0.233. The van der Waals surface area contributed by atoms with E-state index in [-0.39, 0.29) is 5.82 Å². The molecular weight excluding hydrogens is 219 g/mol. The molecule has 0 radical (unpaired) electrons. The maximum absolute atomic E-state index is 14.1. The van der Waals surface area contributed by atoms with Crippen molar-refractivity contribution < 1.29 is 13.9 Å². The lowest BCUT2D eigenvalue weighted by atomic mass is 9.96. The standard InChI is InChI=1S/C14H19FO2/c1-4-5-14(16-6-7-17-14)12-8-10(2)11(3)9-13(12)15/h8-9H,4-7H2,1-3H3. The second-order valence-electron chi connectivity index (χ2n) is 4.62. The third-order valence-electron chi connectivity index (χ3n) is 3.33. The number of ether oxygens (including phenoxy) is 2. The molecule has 1 aromatic rings. The maximum Gasteiger partial charge on any atom is 0.197 e. The van der Waals surface area contributed by atoms with Crippen LogP contribution in [0.2, 0.25) is 0 Å². The molecular formula is C14H19FO2. The lowest BCUT2D eigenvalue weighted by molar-refractivity contribution is -0.172. The lowest BCUT2D eigenvalue weighted by Gasteiger charge is -2.28. The van der Waals surface area contributed by atoms with Crippen molar-refractivity contribution in [2.24, 2.45) is 0 Å². The second kappa shape index (κ2) is 4.75. The SMILES string of the molecule is CCCC1(c2cc(C)c(C)cc2F)OCCO1. The summed E-state index contributed by atoms with van der Waals surface area (Å²) in [5, 5.41) is 0. The highest BCUT2D eigenvalue weighted by atomic mass is 19.1. The topological polar surface area (TPSA) is 18.5 Å². The normalized spacial score (nSPS) is 18.6. The molecule has 1 aliphatic heterocycles. The molecule has 1 heterocycles. The van der Waals surface area contributed by atoms with Gasteiger partial charge in [-0.05, 0) is 37.1 Å². The van der Waals surface area contributed by atoms with E-state index < -0.39 is 5.79 Å². The van der Waals surface area contributed by atoms with E-state index in [0.29, 0.717) is 25.2 Å². The fraction of sp³-hybridized carbons (Fsp3) is 0.571. The molecule has 94 valence electrons. The molecule has 1 saturated heterocycles. The zero-order valence-electron chi connectivity index (χ0n) is 10.7.